The van der Waals surface area contributed by atoms with Gasteiger partial charge in [-0.15, -0.1) is 0 Å². The van der Waals surface area contributed by atoms with Gasteiger partial charge in [0.05, 0.1) is 0 Å². The molecule has 1 aromatic carbocycles. The van der Waals surface area contributed by atoms with Gasteiger partial charge in [0.2, 0.25) is 0 Å². The van der Waals surface area contributed by atoms with Crippen molar-refractivity contribution in [3.05, 3.63) is 29.3 Å². The van der Waals surface area contributed by atoms with Crippen molar-refractivity contribution < 1.29 is 5.11 Å². The van der Waals surface area contributed by atoms with Crippen LogP contribution in [0.5, 0.6) is 5.75 Å². The lowest BCUT2D eigenvalue weighted by molar-refractivity contribution is 0.473. The fourth-order valence-corrected chi connectivity index (χ4v) is 2.18. The zero-order valence-electron chi connectivity index (χ0n) is 7.66. The standard InChI is InChI=1S/C11H15NO/c12-6-5-9-2-1-8-3-4-10(13)7-11(8)9/h3-4,7,9,13H,1-2,5-6,12H2. The lowest BCUT2D eigenvalue weighted by Gasteiger charge is -2.09. The molecule has 13 heavy (non-hydrogen) atoms. The van der Waals surface area contributed by atoms with Gasteiger partial charge in [0.25, 0.3) is 0 Å². The molecule has 0 aliphatic heterocycles. The molecular weight excluding hydrogens is 162 g/mol. The lowest BCUT2D eigenvalue weighted by Crippen LogP contribution is -2.04. The summed E-state index contributed by atoms with van der Waals surface area (Å²) < 4.78 is 0. The molecule has 0 heterocycles. The molecule has 0 aromatic heterocycles. The summed E-state index contributed by atoms with van der Waals surface area (Å²) in [4.78, 5) is 0. The minimum Gasteiger partial charge on any atom is -0.508 e. The summed E-state index contributed by atoms with van der Waals surface area (Å²) in [5.41, 5.74) is 8.24. The van der Waals surface area contributed by atoms with Gasteiger partial charge in [-0.2, -0.15) is 0 Å². The van der Waals surface area contributed by atoms with Crippen LogP contribution in [0.25, 0.3) is 0 Å². The van der Waals surface area contributed by atoms with E-state index in [1.807, 2.05) is 12.1 Å². The van der Waals surface area contributed by atoms with Crippen molar-refractivity contribution in [2.45, 2.75) is 25.2 Å². The molecule has 1 unspecified atom stereocenters. The molecule has 1 atom stereocenters. The van der Waals surface area contributed by atoms with Gasteiger partial charge in [-0.05, 0) is 55.0 Å². The second-order valence-electron chi connectivity index (χ2n) is 3.70. The first-order chi connectivity index (χ1) is 6.31. The Hall–Kier alpha value is -1.02. The highest BCUT2D eigenvalue weighted by Crippen LogP contribution is 2.36. The van der Waals surface area contributed by atoms with Gasteiger partial charge in [0.15, 0.2) is 0 Å². The smallest absolute Gasteiger partial charge is 0.115 e. The number of nitrogens with two attached hydrogens (primary N) is 1. The van der Waals surface area contributed by atoms with E-state index in [4.69, 9.17) is 5.73 Å². The maximum Gasteiger partial charge on any atom is 0.115 e. The number of fused-ring (bicyclic) bond motifs is 1. The Bertz CT molecular complexity index is 307. The zero-order valence-corrected chi connectivity index (χ0v) is 7.66. The van der Waals surface area contributed by atoms with Crippen molar-refractivity contribution in [3.63, 3.8) is 0 Å². The van der Waals surface area contributed by atoms with Crippen LogP contribution in [0.3, 0.4) is 0 Å². The third-order valence-electron chi connectivity index (χ3n) is 2.85. The molecule has 2 nitrogen and oxygen atoms in total. The van der Waals surface area contributed by atoms with Crippen molar-refractivity contribution in [1.29, 1.82) is 0 Å². The van der Waals surface area contributed by atoms with Crippen molar-refractivity contribution in [1.82, 2.24) is 0 Å². The minimum absolute atomic E-state index is 0.377. The largest absolute Gasteiger partial charge is 0.508 e. The summed E-state index contributed by atoms with van der Waals surface area (Å²) in [6, 6.07) is 5.69. The zero-order chi connectivity index (χ0) is 9.26. The quantitative estimate of drug-likeness (QED) is 0.723. The number of benzene rings is 1. The highest BCUT2D eigenvalue weighted by Gasteiger charge is 2.21. The van der Waals surface area contributed by atoms with Gasteiger partial charge in [-0.25, -0.2) is 0 Å². The van der Waals surface area contributed by atoms with E-state index in [1.54, 1.807) is 6.07 Å². The second kappa shape index (κ2) is 3.38. The average molecular weight is 177 g/mol. The van der Waals surface area contributed by atoms with Crippen molar-refractivity contribution in [2.24, 2.45) is 5.73 Å². The monoisotopic (exact) mass is 177 g/mol. The molecule has 2 heteroatoms. The normalized spacial score (nSPS) is 20.2. The highest BCUT2D eigenvalue weighted by atomic mass is 16.3. The molecule has 1 aliphatic rings. The molecule has 0 radical (unpaired) electrons. The first-order valence-electron chi connectivity index (χ1n) is 4.83. The number of hydrogen-bond acceptors (Lipinski definition) is 2. The van der Waals surface area contributed by atoms with Crippen LogP contribution >= 0.6 is 0 Å². The van der Waals surface area contributed by atoms with Gasteiger partial charge in [-0.1, -0.05) is 6.07 Å². The molecular formula is C11H15NO. The van der Waals surface area contributed by atoms with Gasteiger partial charge < -0.3 is 10.8 Å². The number of aromatic hydroxyl groups is 1. The molecule has 0 saturated heterocycles. The Labute approximate surface area is 78.4 Å². The van der Waals surface area contributed by atoms with Crippen molar-refractivity contribution in [2.75, 3.05) is 6.54 Å². The minimum atomic E-state index is 0.377. The van der Waals surface area contributed by atoms with Gasteiger partial charge in [0, 0.05) is 0 Å². The number of phenols is 1. The number of hydrogen-bond donors (Lipinski definition) is 2. The van der Waals surface area contributed by atoms with Crippen LogP contribution in [0.1, 0.15) is 29.9 Å². The summed E-state index contributed by atoms with van der Waals surface area (Å²) in [7, 11) is 0. The number of aryl methyl sites for hydroxylation is 1. The van der Waals surface area contributed by atoms with E-state index in [0.717, 1.165) is 19.4 Å². The first-order valence-corrected chi connectivity index (χ1v) is 4.83. The molecule has 70 valence electrons. The molecule has 1 aliphatic carbocycles. The maximum atomic E-state index is 9.35. The van der Waals surface area contributed by atoms with Crippen molar-refractivity contribution >= 4 is 0 Å². The summed E-state index contributed by atoms with van der Waals surface area (Å²) in [6.45, 7) is 0.736. The molecule has 0 saturated carbocycles. The molecule has 0 spiro atoms. The highest BCUT2D eigenvalue weighted by molar-refractivity contribution is 5.40. The second-order valence-corrected chi connectivity index (χ2v) is 3.70. The SMILES string of the molecule is NCCC1CCc2ccc(O)cc21. The van der Waals surface area contributed by atoms with Gasteiger partial charge >= 0.3 is 0 Å². The van der Waals surface area contributed by atoms with E-state index in [1.165, 1.54) is 17.5 Å². The van der Waals surface area contributed by atoms with E-state index in [0.29, 0.717) is 11.7 Å². The lowest BCUT2D eigenvalue weighted by atomic mass is 9.98. The third-order valence-corrected chi connectivity index (χ3v) is 2.85. The fourth-order valence-electron chi connectivity index (χ4n) is 2.18. The summed E-state index contributed by atoms with van der Waals surface area (Å²) in [6.07, 6.45) is 3.37. The van der Waals surface area contributed by atoms with Gasteiger partial charge in [-0.3, -0.25) is 0 Å². The maximum absolute atomic E-state index is 9.35. The van der Waals surface area contributed by atoms with Crippen LogP contribution < -0.4 is 5.73 Å². The van der Waals surface area contributed by atoms with E-state index in [9.17, 15) is 5.11 Å². The third kappa shape index (κ3) is 1.54. The Morgan fingerprint density at radius 3 is 3.08 bits per heavy atom. The van der Waals surface area contributed by atoms with Crippen LogP contribution in [0.15, 0.2) is 18.2 Å². The molecule has 1 aromatic rings. The molecule has 0 amide bonds. The van der Waals surface area contributed by atoms with Crippen LogP contribution in [-0.2, 0) is 6.42 Å². The predicted molar refractivity (Wildman–Crippen MR) is 52.8 cm³/mol. The molecule has 0 bridgehead atoms. The van der Waals surface area contributed by atoms with E-state index >= 15 is 0 Å². The summed E-state index contributed by atoms with van der Waals surface area (Å²) in [5, 5.41) is 9.35. The summed E-state index contributed by atoms with van der Waals surface area (Å²) in [5.74, 6) is 0.953. The summed E-state index contributed by atoms with van der Waals surface area (Å²) >= 11 is 0. The van der Waals surface area contributed by atoms with E-state index in [2.05, 4.69) is 0 Å². The fraction of sp³-hybridized carbons (Fsp3) is 0.455. The Morgan fingerprint density at radius 1 is 1.46 bits per heavy atom. The van der Waals surface area contributed by atoms with Crippen LogP contribution in [0.2, 0.25) is 0 Å². The number of phenolic OH excluding ortho intramolecular Hbond substituents is 1. The first kappa shape index (κ1) is 8.57. The molecule has 2 rings (SSSR count). The van der Waals surface area contributed by atoms with Crippen LogP contribution in [0, 0.1) is 0 Å². The van der Waals surface area contributed by atoms with E-state index in [-0.39, 0.29) is 0 Å². The van der Waals surface area contributed by atoms with Crippen LogP contribution in [-0.4, -0.2) is 11.7 Å². The molecule has 0 fully saturated rings. The average Bonchev–Trinajstić information content (AvgIpc) is 2.49. The predicted octanol–water partition coefficient (Wildman–Crippen LogP) is 1.77. The Balaban J connectivity index is 2.29. The van der Waals surface area contributed by atoms with E-state index < -0.39 is 0 Å². The molecule has 3 N–H and O–H groups in total. The van der Waals surface area contributed by atoms with Crippen molar-refractivity contribution in [3.8, 4) is 5.75 Å². The Morgan fingerprint density at radius 2 is 2.31 bits per heavy atom. The number of rotatable bonds is 2. The Kier molecular flexibility index (Phi) is 2.23. The van der Waals surface area contributed by atoms with Gasteiger partial charge in [0.1, 0.15) is 5.75 Å². The topological polar surface area (TPSA) is 46.2 Å². The van der Waals surface area contributed by atoms with Crippen LogP contribution in [0.4, 0.5) is 0 Å².